The molecule has 0 fully saturated rings. The van der Waals surface area contributed by atoms with Crippen LogP contribution in [0, 0.1) is 5.92 Å². The molecule has 1 N–H and O–H groups in total. The number of rotatable bonds is 10. The van der Waals surface area contributed by atoms with E-state index >= 15 is 0 Å². The molecule has 0 heterocycles. The van der Waals surface area contributed by atoms with Gasteiger partial charge in [-0.3, -0.25) is 0 Å². The van der Waals surface area contributed by atoms with Crippen molar-refractivity contribution in [1.82, 2.24) is 4.72 Å². The van der Waals surface area contributed by atoms with Crippen LogP contribution in [-0.2, 0) is 14.8 Å². The van der Waals surface area contributed by atoms with Crippen LogP contribution in [0.3, 0.4) is 0 Å². The summed E-state index contributed by atoms with van der Waals surface area (Å²) in [7, 11) is -3.76. The molecule has 9 heteroatoms. The summed E-state index contributed by atoms with van der Waals surface area (Å²) in [5.74, 6) is 0.144. The number of halogens is 3. The van der Waals surface area contributed by atoms with Crippen LogP contribution in [0.15, 0.2) is 23.1 Å². The van der Waals surface area contributed by atoms with Crippen molar-refractivity contribution < 1.29 is 26.7 Å². The molecular weight excluding hydrogens is 352 g/mol. The van der Waals surface area contributed by atoms with Crippen LogP contribution in [0.25, 0.3) is 0 Å². The van der Waals surface area contributed by atoms with E-state index in [-0.39, 0.29) is 22.2 Å². The summed E-state index contributed by atoms with van der Waals surface area (Å²) in [6.45, 7) is 2.28. The van der Waals surface area contributed by atoms with E-state index in [4.69, 9.17) is 16.3 Å². The van der Waals surface area contributed by atoms with Crippen molar-refractivity contribution >= 4 is 21.6 Å². The molecule has 1 aromatic carbocycles. The molecule has 0 bridgehead atoms. The molecule has 5 nitrogen and oxygen atoms in total. The quantitative estimate of drug-likeness (QED) is 0.641. The van der Waals surface area contributed by atoms with Crippen molar-refractivity contribution in [2.24, 2.45) is 5.92 Å². The van der Waals surface area contributed by atoms with Crippen LogP contribution in [0.4, 0.5) is 8.78 Å². The topological polar surface area (TPSA) is 64.6 Å². The van der Waals surface area contributed by atoms with Crippen molar-refractivity contribution in [3.05, 3.63) is 23.2 Å². The van der Waals surface area contributed by atoms with Crippen LogP contribution >= 0.6 is 11.6 Å². The molecular formula is C14H20ClF2NO4S. The van der Waals surface area contributed by atoms with Gasteiger partial charge in [0.25, 0.3) is 0 Å². The zero-order valence-electron chi connectivity index (χ0n) is 12.9. The predicted octanol–water partition coefficient (Wildman–Crippen LogP) is 3.28. The minimum atomic E-state index is -3.76. The van der Waals surface area contributed by atoms with Gasteiger partial charge in [-0.25, -0.2) is 13.1 Å². The molecule has 0 aromatic heterocycles. The summed E-state index contributed by atoms with van der Waals surface area (Å²) in [5, 5.41) is -0.201. The van der Waals surface area contributed by atoms with E-state index in [2.05, 4.69) is 9.46 Å². The van der Waals surface area contributed by atoms with Crippen molar-refractivity contribution in [3.8, 4) is 5.75 Å². The summed E-state index contributed by atoms with van der Waals surface area (Å²) < 4.78 is 60.3. The maximum absolute atomic E-state index is 12.1. The molecule has 0 atom stereocenters. The summed E-state index contributed by atoms with van der Waals surface area (Å²) in [6, 6.07) is 3.31. The molecule has 1 rings (SSSR count). The summed E-state index contributed by atoms with van der Waals surface area (Å²) >= 11 is 5.74. The highest BCUT2D eigenvalue weighted by molar-refractivity contribution is 7.89. The smallest absolute Gasteiger partial charge is 0.387 e. The highest BCUT2D eigenvalue weighted by Gasteiger charge is 2.17. The molecule has 0 aliphatic carbocycles. The fraction of sp³-hybridized carbons (Fsp3) is 0.571. The number of hydrogen-bond donors (Lipinski definition) is 1. The average molecular weight is 372 g/mol. The third-order valence-electron chi connectivity index (χ3n) is 2.64. The van der Waals surface area contributed by atoms with Gasteiger partial charge in [0.15, 0.2) is 0 Å². The van der Waals surface area contributed by atoms with E-state index in [9.17, 15) is 17.2 Å². The van der Waals surface area contributed by atoms with E-state index in [1.54, 1.807) is 0 Å². The van der Waals surface area contributed by atoms with E-state index in [1.165, 1.54) is 0 Å². The van der Waals surface area contributed by atoms with Crippen molar-refractivity contribution in [3.63, 3.8) is 0 Å². The fourth-order valence-electron chi connectivity index (χ4n) is 1.62. The lowest BCUT2D eigenvalue weighted by Crippen LogP contribution is -2.25. The molecule has 0 amide bonds. The first-order valence-corrected chi connectivity index (χ1v) is 8.90. The largest absolute Gasteiger partial charge is 0.433 e. The maximum Gasteiger partial charge on any atom is 0.387 e. The van der Waals surface area contributed by atoms with E-state index in [0.717, 1.165) is 18.2 Å². The number of nitrogens with one attached hydrogen (secondary N) is 1. The van der Waals surface area contributed by atoms with Gasteiger partial charge in [-0.15, -0.1) is 0 Å². The lowest BCUT2D eigenvalue weighted by atomic mass is 10.2. The number of sulfonamides is 1. The zero-order valence-corrected chi connectivity index (χ0v) is 14.5. The van der Waals surface area contributed by atoms with Crippen molar-refractivity contribution in [2.75, 3.05) is 19.8 Å². The van der Waals surface area contributed by atoms with E-state index in [1.807, 2.05) is 13.8 Å². The van der Waals surface area contributed by atoms with Crippen molar-refractivity contribution in [1.29, 1.82) is 0 Å². The van der Waals surface area contributed by atoms with Crippen LogP contribution in [0.5, 0.6) is 5.75 Å². The SMILES string of the molecule is CC(C)COCCCNS(=O)(=O)c1ccc(OC(F)F)c(Cl)c1. The highest BCUT2D eigenvalue weighted by Crippen LogP contribution is 2.28. The van der Waals surface area contributed by atoms with Crippen molar-refractivity contribution in [2.45, 2.75) is 31.8 Å². The van der Waals surface area contributed by atoms with Crippen LogP contribution in [-0.4, -0.2) is 34.8 Å². The Morgan fingerprint density at radius 1 is 1.30 bits per heavy atom. The molecule has 0 spiro atoms. The number of alkyl halides is 2. The first-order valence-electron chi connectivity index (χ1n) is 7.04. The molecule has 0 saturated heterocycles. The monoisotopic (exact) mass is 371 g/mol. The van der Waals surface area contributed by atoms with Gasteiger partial charge in [-0.1, -0.05) is 25.4 Å². The van der Waals surface area contributed by atoms with Crippen LogP contribution in [0.2, 0.25) is 5.02 Å². The van der Waals surface area contributed by atoms with Gasteiger partial charge in [0, 0.05) is 19.8 Å². The van der Waals surface area contributed by atoms with Gasteiger partial charge in [0.1, 0.15) is 5.75 Å². The summed E-state index contributed by atoms with van der Waals surface area (Å²) in [6.07, 6.45) is 0.520. The molecule has 0 unspecified atom stereocenters. The van der Waals surface area contributed by atoms with E-state index in [0.29, 0.717) is 25.6 Å². The lowest BCUT2D eigenvalue weighted by Gasteiger charge is -2.10. The number of hydrogen-bond acceptors (Lipinski definition) is 4. The standard InChI is InChI=1S/C14H20ClF2NO4S/c1-10(2)9-21-7-3-6-18-23(19,20)11-4-5-13(12(15)8-11)22-14(16)17/h4-5,8,10,14,18H,3,6-7,9H2,1-2H3. The molecule has 1 aromatic rings. The Morgan fingerprint density at radius 3 is 2.57 bits per heavy atom. The molecule has 23 heavy (non-hydrogen) atoms. The Bertz CT molecular complexity index is 596. The minimum absolute atomic E-state index is 0.118. The third kappa shape index (κ3) is 7.43. The summed E-state index contributed by atoms with van der Waals surface area (Å²) in [5.41, 5.74) is 0. The summed E-state index contributed by atoms with van der Waals surface area (Å²) in [4.78, 5) is -0.118. The van der Waals surface area contributed by atoms with Gasteiger partial charge in [-0.2, -0.15) is 8.78 Å². The van der Waals surface area contributed by atoms with Gasteiger partial charge >= 0.3 is 6.61 Å². The first kappa shape index (κ1) is 20.1. The van der Waals surface area contributed by atoms with Gasteiger partial charge in [0.05, 0.1) is 9.92 Å². The second-order valence-electron chi connectivity index (χ2n) is 5.19. The Kier molecular flexibility index (Phi) is 8.18. The van der Waals surface area contributed by atoms with Crippen LogP contribution in [0.1, 0.15) is 20.3 Å². The Morgan fingerprint density at radius 2 is 2.00 bits per heavy atom. The van der Waals surface area contributed by atoms with Gasteiger partial charge < -0.3 is 9.47 Å². The van der Waals surface area contributed by atoms with E-state index < -0.39 is 16.6 Å². The average Bonchev–Trinajstić information content (AvgIpc) is 2.44. The minimum Gasteiger partial charge on any atom is -0.433 e. The van der Waals surface area contributed by atoms with Crippen LogP contribution < -0.4 is 9.46 Å². The molecule has 0 aliphatic rings. The fourth-order valence-corrected chi connectivity index (χ4v) is 3.01. The first-order chi connectivity index (χ1) is 10.7. The van der Waals surface area contributed by atoms with Gasteiger partial charge in [-0.05, 0) is 30.5 Å². The Hall–Kier alpha value is -0.960. The lowest BCUT2D eigenvalue weighted by molar-refractivity contribution is -0.0498. The molecule has 0 aliphatic heterocycles. The second-order valence-corrected chi connectivity index (χ2v) is 7.36. The molecule has 0 radical (unpaired) electrons. The second kappa shape index (κ2) is 9.36. The Labute approximate surface area is 140 Å². The number of ether oxygens (including phenoxy) is 2. The zero-order chi connectivity index (χ0) is 17.5. The molecule has 132 valence electrons. The van der Waals surface area contributed by atoms with Gasteiger partial charge in [0.2, 0.25) is 10.0 Å². The molecule has 0 saturated carbocycles. The normalized spacial score (nSPS) is 12.1. The maximum atomic E-state index is 12.1. The third-order valence-corrected chi connectivity index (χ3v) is 4.39. The highest BCUT2D eigenvalue weighted by atomic mass is 35.5. The predicted molar refractivity (Wildman–Crippen MR) is 83.5 cm³/mol. The number of benzene rings is 1. The Balaban J connectivity index is 2.54.